The van der Waals surface area contributed by atoms with Gasteiger partial charge in [-0.3, -0.25) is 9.59 Å². The van der Waals surface area contributed by atoms with Crippen molar-refractivity contribution < 1.29 is 22.7 Å². The Balaban J connectivity index is 1.57. The average molecular weight is 401 g/mol. The van der Waals surface area contributed by atoms with Gasteiger partial charge in [0.1, 0.15) is 11.3 Å². The van der Waals surface area contributed by atoms with Gasteiger partial charge in [0, 0.05) is 18.0 Å². The number of H-pyrrole nitrogens is 1. The van der Waals surface area contributed by atoms with Crippen molar-refractivity contribution in [2.24, 2.45) is 5.10 Å². The lowest BCUT2D eigenvalue weighted by Crippen LogP contribution is -2.25. The number of para-hydroxylation sites is 1. The van der Waals surface area contributed by atoms with Crippen LogP contribution in [0.3, 0.4) is 0 Å². The van der Waals surface area contributed by atoms with Crippen molar-refractivity contribution in [3.63, 3.8) is 0 Å². The van der Waals surface area contributed by atoms with Crippen LogP contribution in [0.25, 0.3) is 10.9 Å². The number of nitrogens with one attached hydrogen (secondary N) is 2. The summed E-state index contributed by atoms with van der Waals surface area (Å²) in [6, 6.07) is 8.66. The number of aromatic nitrogens is 1. The van der Waals surface area contributed by atoms with Crippen molar-refractivity contribution in [3.8, 4) is 5.75 Å². The van der Waals surface area contributed by atoms with E-state index in [2.05, 4.69) is 15.5 Å². The zero-order valence-electron chi connectivity index (χ0n) is 14.8. The van der Waals surface area contributed by atoms with Gasteiger partial charge in [-0.15, -0.1) is 0 Å². The molecule has 0 unspecified atom stereocenters. The summed E-state index contributed by atoms with van der Waals surface area (Å²) in [4.78, 5) is 27.2. The molecule has 4 rings (SSSR count). The molecule has 1 aliphatic rings. The van der Waals surface area contributed by atoms with Gasteiger partial charge in [-0.2, -0.15) is 18.3 Å². The number of pyridine rings is 1. The Hall–Kier alpha value is -3.62. The van der Waals surface area contributed by atoms with Crippen molar-refractivity contribution in [2.75, 3.05) is 6.61 Å². The molecule has 2 N–H and O–H groups in total. The summed E-state index contributed by atoms with van der Waals surface area (Å²) in [6.07, 6.45) is -1.47. The summed E-state index contributed by atoms with van der Waals surface area (Å²) in [5.41, 5.74) is 1.50. The van der Waals surface area contributed by atoms with Gasteiger partial charge in [-0.25, -0.2) is 5.43 Å². The number of ether oxygens (including phenoxy) is 1. The molecule has 1 aromatic heterocycles. The number of rotatable bonds is 3. The second-order valence-corrected chi connectivity index (χ2v) is 6.42. The fourth-order valence-corrected chi connectivity index (χ4v) is 3.17. The number of amides is 1. The highest BCUT2D eigenvalue weighted by Crippen LogP contribution is 2.33. The molecule has 0 radical (unpaired) electrons. The van der Waals surface area contributed by atoms with E-state index >= 15 is 0 Å². The first-order chi connectivity index (χ1) is 13.8. The van der Waals surface area contributed by atoms with E-state index in [1.54, 1.807) is 12.1 Å². The van der Waals surface area contributed by atoms with E-state index in [-0.39, 0.29) is 16.5 Å². The molecule has 0 saturated heterocycles. The van der Waals surface area contributed by atoms with Gasteiger partial charge in [-0.1, -0.05) is 6.07 Å². The van der Waals surface area contributed by atoms with Crippen LogP contribution in [-0.2, 0) is 12.6 Å². The summed E-state index contributed by atoms with van der Waals surface area (Å²) in [6.45, 7) is 0.619. The summed E-state index contributed by atoms with van der Waals surface area (Å²) < 4.78 is 44.7. The molecular weight excluding hydrogens is 387 g/mol. The molecule has 0 bridgehead atoms. The molecule has 1 aliphatic heterocycles. The largest absolute Gasteiger partial charge is 0.493 e. The zero-order valence-corrected chi connectivity index (χ0v) is 14.8. The molecular formula is C20H14F3N3O3. The summed E-state index contributed by atoms with van der Waals surface area (Å²) in [7, 11) is 0. The van der Waals surface area contributed by atoms with Crippen LogP contribution >= 0.6 is 0 Å². The highest BCUT2D eigenvalue weighted by atomic mass is 19.4. The summed E-state index contributed by atoms with van der Waals surface area (Å²) in [5, 5.41) is 3.60. The minimum atomic E-state index is -4.63. The number of nitrogens with zero attached hydrogens (tertiary/aromatic N) is 1. The molecule has 3 aromatic rings. The van der Waals surface area contributed by atoms with Crippen molar-refractivity contribution in [2.45, 2.75) is 12.6 Å². The van der Waals surface area contributed by atoms with E-state index in [9.17, 15) is 22.8 Å². The number of halogens is 3. The standard InChI is InChI=1S/C20H14F3N3O3/c21-20(22,23)15-3-1-2-13-17(15)24-10-14(18(13)27)19(28)26-25-9-11-4-5-16-12(8-11)6-7-29-16/h1-5,8-10H,6-7H2,(H,24,27)(H,26,28)/b25-9+. The predicted molar refractivity (Wildman–Crippen MR) is 100 cm³/mol. The fraction of sp³-hybridized carbons (Fsp3) is 0.150. The first kappa shape index (κ1) is 18.7. The van der Waals surface area contributed by atoms with Crippen LogP contribution in [0.2, 0.25) is 0 Å². The van der Waals surface area contributed by atoms with Gasteiger partial charge in [0.15, 0.2) is 0 Å². The molecule has 6 nitrogen and oxygen atoms in total. The Labute approximate surface area is 162 Å². The Kier molecular flexibility index (Phi) is 4.57. The normalized spacial score (nSPS) is 13.5. The van der Waals surface area contributed by atoms with E-state index in [0.29, 0.717) is 6.61 Å². The minimum Gasteiger partial charge on any atom is -0.493 e. The smallest absolute Gasteiger partial charge is 0.418 e. The molecule has 0 spiro atoms. The van der Waals surface area contributed by atoms with E-state index in [4.69, 9.17) is 4.74 Å². The average Bonchev–Trinajstić information content (AvgIpc) is 3.15. The van der Waals surface area contributed by atoms with E-state index < -0.39 is 23.1 Å². The summed E-state index contributed by atoms with van der Waals surface area (Å²) in [5.74, 6) is -0.0154. The molecule has 0 fully saturated rings. The minimum absolute atomic E-state index is 0.227. The lowest BCUT2D eigenvalue weighted by molar-refractivity contribution is -0.136. The Morgan fingerprint density at radius 3 is 2.86 bits per heavy atom. The number of hydrazone groups is 1. The molecule has 1 amide bonds. The van der Waals surface area contributed by atoms with Crippen LogP contribution < -0.4 is 15.6 Å². The van der Waals surface area contributed by atoms with Crippen molar-refractivity contribution in [1.29, 1.82) is 0 Å². The van der Waals surface area contributed by atoms with Gasteiger partial charge in [0.25, 0.3) is 5.91 Å². The fourth-order valence-electron chi connectivity index (χ4n) is 3.17. The van der Waals surface area contributed by atoms with Crippen LogP contribution in [0.4, 0.5) is 13.2 Å². The first-order valence-corrected chi connectivity index (χ1v) is 8.65. The first-order valence-electron chi connectivity index (χ1n) is 8.65. The van der Waals surface area contributed by atoms with E-state index in [1.165, 1.54) is 12.3 Å². The number of aromatic amines is 1. The Bertz CT molecular complexity index is 1200. The van der Waals surface area contributed by atoms with Crippen molar-refractivity contribution in [1.82, 2.24) is 10.4 Å². The highest BCUT2D eigenvalue weighted by molar-refractivity contribution is 5.98. The maximum absolute atomic E-state index is 13.1. The van der Waals surface area contributed by atoms with Crippen LogP contribution in [0.1, 0.15) is 27.0 Å². The van der Waals surface area contributed by atoms with Gasteiger partial charge >= 0.3 is 6.18 Å². The van der Waals surface area contributed by atoms with Gasteiger partial charge in [-0.05, 0) is 41.5 Å². The monoisotopic (exact) mass is 401 g/mol. The maximum Gasteiger partial charge on any atom is 0.418 e. The maximum atomic E-state index is 13.1. The van der Waals surface area contributed by atoms with Crippen LogP contribution in [0.15, 0.2) is 52.5 Å². The van der Waals surface area contributed by atoms with E-state index in [1.807, 2.05) is 6.07 Å². The molecule has 29 heavy (non-hydrogen) atoms. The third-order valence-corrected chi connectivity index (χ3v) is 4.56. The van der Waals surface area contributed by atoms with Crippen LogP contribution in [0, 0.1) is 0 Å². The number of hydrogen-bond donors (Lipinski definition) is 2. The Morgan fingerprint density at radius 2 is 2.07 bits per heavy atom. The quantitative estimate of drug-likeness (QED) is 0.522. The van der Waals surface area contributed by atoms with Crippen LogP contribution in [-0.4, -0.2) is 23.7 Å². The molecule has 148 valence electrons. The van der Waals surface area contributed by atoms with Crippen molar-refractivity contribution >= 4 is 23.0 Å². The molecule has 0 saturated carbocycles. The second-order valence-electron chi connectivity index (χ2n) is 6.42. The number of fused-ring (bicyclic) bond motifs is 2. The lowest BCUT2D eigenvalue weighted by Gasteiger charge is -2.10. The van der Waals surface area contributed by atoms with E-state index in [0.717, 1.165) is 41.6 Å². The van der Waals surface area contributed by atoms with Gasteiger partial charge in [0.2, 0.25) is 5.43 Å². The third-order valence-electron chi connectivity index (χ3n) is 4.56. The van der Waals surface area contributed by atoms with Gasteiger partial charge < -0.3 is 9.72 Å². The third kappa shape index (κ3) is 3.58. The predicted octanol–water partition coefficient (Wildman–Crippen LogP) is 3.25. The van der Waals surface area contributed by atoms with Crippen molar-refractivity contribution in [3.05, 3.63) is 75.1 Å². The number of carbonyl (C=O) groups excluding carboxylic acids is 1. The number of hydrogen-bond acceptors (Lipinski definition) is 4. The Morgan fingerprint density at radius 1 is 1.24 bits per heavy atom. The highest BCUT2D eigenvalue weighted by Gasteiger charge is 2.33. The molecule has 2 heterocycles. The number of alkyl halides is 3. The lowest BCUT2D eigenvalue weighted by atomic mass is 10.1. The number of benzene rings is 2. The molecule has 9 heteroatoms. The number of carbonyl (C=O) groups is 1. The second kappa shape index (κ2) is 7.08. The SMILES string of the molecule is O=C(N/N=C/c1ccc2c(c1)CCO2)c1c[nH]c2c(C(F)(F)F)cccc2c1=O. The summed E-state index contributed by atoms with van der Waals surface area (Å²) >= 11 is 0. The molecule has 0 atom stereocenters. The topological polar surface area (TPSA) is 83.5 Å². The van der Waals surface area contributed by atoms with Gasteiger partial charge in [0.05, 0.1) is 23.9 Å². The molecule has 2 aromatic carbocycles. The van der Waals surface area contributed by atoms with Crippen LogP contribution in [0.5, 0.6) is 5.75 Å². The zero-order chi connectivity index (χ0) is 20.6. The molecule has 0 aliphatic carbocycles.